The van der Waals surface area contributed by atoms with E-state index >= 15 is 0 Å². The fraction of sp³-hybridized carbons (Fsp3) is 0.417. The number of carboxylic acids is 1. The Bertz CT molecular complexity index is 623. The van der Waals surface area contributed by atoms with Crippen LogP contribution in [0.1, 0.15) is 20.8 Å². The van der Waals surface area contributed by atoms with E-state index in [4.69, 9.17) is 0 Å². The van der Waals surface area contributed by atoms with E-state index in [0.29, 0.717) is 8.95 Å². The zero-order chi connectivity index (χ0) is 15.7. The molecule has 0 spiro atoms. The van der Waals surface area contributed by atoms with Gasteiger partial charge >= 0.3 is 5.97 Å². The molecule has 1 unspecified atom stereocenters. The smallest absolute Gasteiger partial charge is 0.322 e. The predicted molar refractivity (Wildman–Crippen MR) is 83.0 cm³/mol. The van der Waals surface area contributed by atoms with Crippen LogP contribution >= 0.6 is 31.9 Å². The minimum Gasteiger partial charge on any atom is -0.480 e. The number of hydrogen-bond acceptors (Lipinski definition) is 3. The lowest BCUT2D eigenvalue weighted by Gasteiger charge is -2.27. The standard InChI is InChI=1S/C12H15Br2NO4S/c1-12(2,3)10(11(16)17)15-20(18,19)9-5-4-7(13)6-8(9)14/h4-6,10,15H,1-3H3,(H,16,17). The van der Waals surface area contributed by atoms with Crippen molar-refractivity contribution in [2.45, 2.75) is 31.7 Å². The average molecular weight is 429 g/mol. The highest BCUT2D eigenvalue weighted by Crippen LogP contribution is 2.27. The molecule has 2 N–H and O–H groups in total. The molecule has 5 nitrogen and oxygen atoms in total. The predicted octanol–water partition coefficient (Wildman–Crippen LogP) is 2.99. The van der Waals surface area contributed by atoms with Crippen molar-refractivity contribution in [2.75, 3.05) is 0 Å². The summed E-state index contributed by atoms with van der Waals surface area (Å²) in [5, 5.41) is 9.19. The Balaban J connectivity index is 3.20. The van der Waals surface area contributed by atoms with Gasteiger partial charge in [-0.15, -0.1) is 0 Å². The van der Waals surface area contributed by atoms with Gasteiger partial charge in [0, 0.05) is 8.95 Å². The van der Waals surface area contributed by atoms with Crippen LogP contribution in [0, 0.1) is 5.41 Å². The van der Waals surface area contributed by atoms with Crippen molar-refractivity contribution in [1.29, 1.82) is 0 Å². The van der Waals surface area contributed by atoms with E-state index < -0.39 is 27.4 Å². The number of halogens is 2. The zero-order valence-corrected chi connectivity index (χ0v) is 15.1. The molecule has 0 saturated heterocycles. The van der Waals surface area contributed by atoms with Gasteiger partial charge in [-0.25, -0.2) is 8.42 Å². The lowest BCUT2D eigenvalue weighted by molar-refractivity contribution is -0.141. The van der Waals surface area contributed by atoms with Gasteiger partial charge < -0.3 is 5.11 Å². The number of hydrogen-bond donors (Lipinski definition) is 2. The Morgan fingerprint density at radius 1 is 1.30 bits per heavy atom. The number of aliphatic carboxylic acids is 1. The summed E-state index contributed by atoms with van der Waals surface area (Å²) in [5.41, 5.74) is -0.749. The van der Waals surface area contributed by atoms with E-state index in [0.717, 1.165) is 0 Å². The maximum atomic E-state index is 12.3. The van der Waals surface area contributed by atoms with Crippen molar-refractivity contribution in [3.05, 3.63) is 27.1 Å². The van der Waals surface area contributed by atoms with Crippen LogP contribution in [0.5, 0.6) is 0 Å². The number of nitrogens with one attached hydrogen (secondary N) is 1. The first-order valence-corrected chi connectivity index (χ1v) is 8.72. The summed E-state index contributed by atoms with van der Waals surface area (Å²) in [6.07, 6.45) is 0. The molecule has 0 radical (unpaired) electrons. The maximum absolute atomic E-state index is 12.3. The number of rotatable bonds is 4. The molecule has 8 heteroatoms. The molecular formula is C12H15Br2NO4S. The van der Waals surface area contributed by atoms with Gasteiger partial charge in [-0.2, -0.15) is 4.72 Å². The Labute approximate surface area is 135 Å². The largest absolute Gasteiger partial charge is 0.480 e. The molecule has 1 aromatic carbocycles. The number of carbonyl (C=O) groups is 1. The number of carboxylic acid groups (broad SMARTS) is 1. The third-order valence-corrected chi connectivity index (χ3v) is 5.46. The number of benzene rings is 1. The van der Waals surface area contributed by atoms with E-state index in [1.807, 2.05) is 0 Å². The maximum Gasteiger partial charge on any atom is 0.322 e. The molecule has 20 heavy (non-hydrogen) atoms. The van der Waals surface area contributed by atoms with E-state index in [1.165, 1.54) is 6.07 Å². The molecule has 0 aromatic heterocycles. The first-order chi connectivity index (χ1) is 8.95. The lowest BCUT2D eigenvalue weighted by Crippen LogP contribution is -2.49. The highest BCUT2D eigenvalue weighted by molar-refractivity contribution is 9.11. The van der Waals surface area contributed by atoms with Crippen molar-refractivity contribution in [3.63, 3.8) is 0 Å². The Morgan fingerprint density at radius 2 is 1.85 bits per heavy atom. The molecule has 0 aliphatic rings. The van der Waals surface area contributed by atoms with Crippen molar-refractivity contribution >= 4 is 47.9 Å². The summed E-state index contributed by atoms with van der Waals surface area (Å²) in [4.78, 5) is 11.2. The fourth-order valence-corrected chi connectivity index (χ4v) is 4.65. The van der Waals surface area contributed by atoms with Crippen LogP contribution in [0.25, 0.3) is 0 Å². The summed E-state index contributed by atoms with van der Waals surface area (Å²) in [7, 11) is -3.93. The number of sulfonamides is 1. The molecule has 0 amide bonds. The molecule has 0 aliphatic heterocycles. The third kappa shape index (κ3) is 4.28. The van der Waals surface area contributed by atoms with Crippen molar-refractivity contribution in [2.24, 2.45) is 5.41 Å². The molecule has 0 aliphatic carbocycles. The van der Waals surface area contributed by atoms with Gasteiger partial charge in [0.1, 0.15) is 6.04 Å². The Morgan fingerprint density at radius 3 is 2.25 bits per heavy atom. The molecule has 1 atom stereocenters. The molecule has 0 saturated carbocycles. The molecule has 0 bridgehead atoms. The van der Waals surface area contributed by atoms with Gasteiger partial charge in [0.2, 0.25) is 10.0 Å². The second-order valence-corrected chi connectivity index (χ2v) is 8.79. The first-order valence-electron chi connectivity index (χ1n) is 5.65. The second-order valence-electron chi connectivity index (χ2n) is 5.33. The second kappa shape index (κ2) is 6.13. The van der Waals surface area contributed by atoms with Gasteiger partial charge in [-0.05, 0) is 39.5 Å². The van der Waals surface area contributed by atoms with Crippen LogP contribution in [-0.4, -0.2) is 25.5 Å². The van der Waals surface area contributed by atoms with E-state index in [2.05, 4.69) is 36.6 Å². The zero-order valence-electron chi connectivity index (χ0n) is 11.1. The molecular weight excluding hydrogens is 414 g/mol. The van der Waals surface area contributed by atoms with E-state index in [9.17, 15) is 18.3 Å². The summed E-state index contributed by atoms with van der Waals surface area (Å²) in [5.74, 6) is -1.21. The average Bonchev–Trinajstić information content (AvgIpc) is 2.23. The van der Waals surface area contributed by atoms with Crippen LogP contribution in [0.4, 0.5) is 0 Å². The van der Waals surface area contributed by atoms with Gasteiger partial charge in [0.25, 0.3) is 0 Å². The van der Waals surface area contributed by atoms with Crippen molar-refractivity contribution < 1.29 is 18.3 Å². The summed E-state index contributed by atoms with van der Waals surface area (Å²) in [6.45, 7) is 4.97. The van der Waals surface area contributed by atoms with E-state index in [-0.39, 0.29) is 4.90 Å². The van der Waals surface area contributed by atoms with Crippen molar-refractivity contribution in [3.8, 4) is 0 Å². The van der Waals surface area contributed by atoms with Gasteiger partial charge in [-0.3, -0.25) is 4.79 Å². The SMILES string of the molecule is CC(C)(C)C(NS(=O)(=O)c1ccc(Br)cc1Br)C(=O)O. The highest BCUT2D eigenvalue weighted by atomic mass is 79.9. The molecule has 0 fully saturated rings. The first kappa shape index (κ1) is 17.6. The quantitative estimate of drug-likeness (QED) is 0.771. The normalized spacial score (nSPS) is 14.1. The van der Waals surface area contributed by atoms with Crippen LogP contribution in [0.15, 0.2) is 32.0 Å². The monoisotopic (exact) mass is 427 g/mol. The van der Waals surface area contributed by atoms with Crippen LogP contribution in [-0.2, 0) is 14.8 Å². The van der Waals surface area contributed by atoms with Gasteiger partial charge in [0.05, 0.1) is 4.90 Å². The molecule has 0 heterocycles. The minimum absolute atomic E-state index is 0.00352. The fourth-order valence-electron chi connectivity index (χ4n) is 1.51. The lowest BCUT2D eigenvalue weighted by atomic mass is 9.88. The van der Waals surface area contributed by atoms with Crippen LogP contribution in [0.3, 0.4) is 0 Å². The third-order valence-electron chi connectivity index (χ3n) is 2.57. The van der Waals surface area contributed by atoms with Crippen LogP contribution in [0.2, 0.25) is 0 Å². The molecule has 112 valence electrons. The van der Waals surface area contributed by atoms with Crippen LogP contribution < -0.4 is 4.72 Å². The Kier molecular flexibility index (Phi) is 5.40. The topological polar surface area (TPSA) is 83.5 Å². The van der Waals surface area contributed by atoms with Crippen molar-refractivity contribution in [1.82, 2.24) is 4.72 Å². The molecule has 1 rings (SSSR count). The minimum atomic E-state index is -3.93. The highest BCUT2D eigenvalue weighted by Gasteiger charge is 2.35. The summed E-state index contributed by atoms with van der Waals surface area (Å²) >= 11 is 6.39. The molecule has 1 aromatic rings. The van der Waals surface area contributed by atoms with Gasteiger partial charge in [-0.1, -0.05) is 36.7 Å². The summed E-state index contributed by atoms with van der Waals surface area (Å²) in [6, 6.07) is 3.34. The Hall–Kier alpha value is -0.440. The summed E-state index contributed by atoms with van der Waals surface area (Å²) < 4.78 is 27.9. The van der Waals surface area contributed by atoms with Gasteiger partial charge in [0.15, 0.2) is 0 Å². The van der Waals surface area contributed by atoms with E-state index in [1.54, 1.807) is 32.9 Å².